The van der Waals surface area contributed by atoms with Crippen LogP contribution in [-0.4, -0.2) is 84.4 Å². The first kappa shape index (κ1) is 32.1. The lowest BCUT2D eigenvalue weighted by atomic mass is 9.84. The van der Waals surface area contributed by atoms with Gasteiger partial charge in [0.25, 0.3) is 11.8 Å². The minimum absolute atomic E-state index is 0.0396. The molecule has 1 fully saturated rings. The number of rotatable bonds is 9. The number of benzene rings is 2. The lowest BCUT2D eigenvalue weighted by molar-refractivity contribution is -0.138. The number of hydrogen-bond donors (Lipinski definition) is 1. The molecule has 43 heavy (non-hydrogen) atoms. The van der Waals surface area contributed by atoms with Gasteiger partial charge in [0.1, 0.15) is 5.75 Å². The zero-order valence-corrected chi connectivity index (χ0v) is 24.8. The number of halogens is 3. The highest BCUT2D eigenvalue weighted by Gasteiger charge is 2.46. The molecule has 0 bridgehead atoms. The number of carbonyl (C=O) groups is 3. The molecular formula is C31H38F3N3O6. The van der Waals surface area contributed by atoms with Crippen LogP contribution < -0.4 is 9.64 Å². The third-order valence-electron chi connectivity index (χ3n) is 8.11. The van der Waals surface area contributed by atoms with Crippen molar-refractivity contribution in [2.45, 2.75) is 63.8 Å². The van der Waals surface area contributed by atoms with Crippen LogP contribution in [0.2, 0.25) is 0 Å². The van der Waals surface area contributed by atoms with Crippen LogP contribution in [-0.2, 0) is 15.7 Å². The van der Waals surface area contributed by atoms with Crippen LogP contribution in [0.25, 0.3) is 0 Å². The van der Waals surface area contributed by atoms with Crippen LogP contribution in [0.4, 0.5) is 23.7 Å². The molecule has 4 rings (SSSR count). The van der Waals surface area contributed by atoms with Crippen LogP contribution >= 0.6 is 0 Å². The van der Waals surface area contributed by atoms with Crippen molar-refractivity contribution in [3.05, 3.63) is 59.2 Å². The second-order valence-corrected chi connectivity index (χ2v) is 11.3. The van der Waals surface area contributed by atoms with Crippen LogP contribution in [0.3, 0.4) is 0 Å². The number of carbonyl (C=O) groups excluding carboxylic acids is 2. The molecule has 1 saturated heterocycles. The Kier molecular flexibility index (Phi) is 9.58. The standard InChI is InChI=1S/C31H38F3N3O6/c1-5-36(25-19-35(29(40)41)15-13-21(25)20-11-7-6-8-12-20)27(38)22-17-24-26(18-23(22)31(32,33)34)43-30(2,3)28(39)37(24)14-9-10-16-42-4/h6-8,11-12,17-18,21,25H,5,9-10,13-16,19H2,1-4H3,(H,40,41)/t21-,25+/m1/s1. The molecule has 9 nitrogen and oxygen atoms in total. The van der Waals surface area contributed by atoms with Gasteiger partial charge in [-0.25, -0.2) is 4.79 Å². The van der Waals surface area contributed by atoms with E-state index in [1.54, 1.807) is 14.0 Å². The second kappa shape index (κ2) is 12.8. The number of nitrogens with zero attached hydrogens (tertiary/aromatic N) is 3. The number of unbranched alkanes of at least 4 members (excludes halogenated alkanes) is 1. The maximum atomic E-state index is 14.5. The molecular weight excluding hydrogens is 567 g/mol. The van der Waals surface area contributed by atoms with Crippen molar-refractivity contribution in [2.24, 2.45) is 0 Å². The van der Waals surface area contributed by atoms with E-state index in [4.69, 9.17) is 9.47 Å². The molecule has 2 aliphatic rings. The van der Waals surface area contributed by atoms with Gasteiger partial charge in [-0.1, -0.05) is 30.3 Å². The van der Waals surface area contributed by atoms with E-state index in [2.05, 4.69) is 0 Å². The molecule has 2 aromatic carbocycles. The van der Waals surface area contributed by atoms with Crippen molar-refractivity contribution < 1.29 is 42.1 Å². The Balaban J connectivity index is 1.81. The topological polar surface area (TPSA) is 99.6 Å². The number of likely N-dealkylation sites (tertiary alicyclic amines) is 1. The van der Waals surface area contributed by atoms with E-state index in [0.717, 1.165) is 17.7 Å². The SMILES string of the molecule is CCN(C(=O)c1cc2c(cc1C(F)(F)F)OC(C)(C)C(=O)N2CCCCOC)[C@H]1CN(C(=O)O)CC[C@@H]1c1ccccc1. The number of anilines is 1. The summed E-state index contributed by atoms with van der Waals surface area (Å²) in [5, 5.41) is 9.72. The van der Waals surface area contributed by atoms with E-state index < -0.39 is 46.9 Å². The number of piperidine rings is 1. The first-order valence-electron chi connectivity index (χ1n) is 14.4. The van der Waals surface area contributed by atoms with Crippen LogP contribution in [0, 0.1) is 0 Å². The average molecular weight is 606 g/mol. The Morgan fingerprint density at radius 1 is 1.16 bits per heavy atom. The van der Waals surface area contributed by atoms with Crippen LogP contribution in [0.15, 0.2) is 42.5 Å². The summed E-state index contributed by atoms with van der Waals surface area (Å²) in [6, 6.07) is 10.4. The normalized spacial score (nSPS) is 19.9. The molecule has 0 saturated carbocycles. The fourth-order valence-corrected chi connectivity index (χ4v) is 5.96. The largest absolute Gasteiger partial charge is 0.476 e. The monoisotopic (exact) mass is 605 g/mol. The quantitative estimate of drug-likeness (QED) is 0.372. The number of ether oxygens (including phenoxy) is 2. The van der Waals surface area contributed by atoms with Crippen molar-refractivity contribution >= 4 is 23.6 Å². The van der Waals surface area contributed by atoms with Crippen molar-refractivity contribution in [3.8, 4) is 5.75 Å². The van der Waals surface area contributed by atoms with E-state index in [1.807, 2.05) is 30.3 Å². The van der Waals surface area contributed by atoms with Gasteiger partial charge < -0.3 is 29.3 Å². The van der Waals surface area contributed by atoms with Crippen LogP contribution in [0.5, 0.6) is 5.75 Å². The van der Waals surface area contributed by atoms with Gasteiger partial charge in [0.05, 0.1) is 22.9 Å². The summed E-state index contributed by atoms with van der Waals surface area (Å²) < 4.78 is 54.5. The minimum atomic E-state index is -4.91. The molecule has 0 aliphatic carbocycles. The van der Waals surface area contributed by atoms with Gasteiger partial charge in [0.2, 0.25) is 0 Å². The van der Waals surface area contributed by atoms with Gasteiger partial charge in [-0.2, -0.15) is 13.2 Å². The number of alkyl halides is 3. The third-order valence-corrected chi connectivity index (χ3v) is 8.11. The van der Waals surface area contributed by atoms with Crippen molar-refractivity contribution in [1.29, 1.82) is 0 Å². The molecule has 3 amide bonds. The summed E-state index contributed by atoms with van der Waals surface area (Å²) in [5.41, 5.74) is -2.26. The molecule has 2 atom stereocenters. The number of likely N-dealkylation sites (N-methyl/N-ethyl adjacent to an activating group) is 1. The van der Waals surface area contributed by atoms with Crippen molar-refractivity contribution in [1.82, 2.24) is 9.80 Å². The molecule has 12 heteroatoms. The number of methoxy groups -OCH3 is 1. The predicted molar refractivity (Wildman–Crippen MR) is 154 cm³/mol. The highest BCUT2D eigenvalue weighted by atomic mass is 19.4. The molecule has 2 aromatic rings. The summed E-state index contributed by atoms with van der Waals surface area (Å²) >= 11 is 0. The van der Waals surface area contributed by atoms with E-state index >= 15 is 0 Å². The molecule has 0 unspecified atom stereocenters. The summed E-state index contributed by atoms with van der Waals surface area (Å²) in [6.07, 6.45) is -4.53. The second-order valence-electron chi connectivity index (χ2n) is 11.3. The third kappa shape index (κ3) is 6.74. The van der Waals surface area contributed by atoms with Gasteiger partial charge in [-0.15, -0.1) is 0 Å². The Hall–Kier alpha value is -3.80. The zero-order valence-electron chi connectivity index (χ0n) is 24.8. The van der Waals surface area contributed by atoms with Gasteiger partial charge in [-0.05, 0) is 57.7 Å². The van der Waals surface area contributed by atoms with E-state index in [9.17, 15) is 32.7 Å². The number of fused-ring (bicyclic) bond motifs is 1. The van der Waals surface area contributed by atoms with Crippen molar-refractivity contribution in [2.75, 3.05) is 44.8 Å². The summed E-state index contributed by atoms with van der Waals surface area (Å²) in [5.74, 6) is -1.76. The summed E-state index contributed by atoms with van der Waals surface area (Å²) in [7, 11) is 1.55. The number of hydrogen-bond acceptors (Lipinski definition) is 5. The lowest BCUT2D eigenvalue weighted by Gasteiger charge is -2.44. The van der Waals surface area contributed by atoms with Gasteiger partial charge >= 0.3 is 12.3 Å². The minimum Gasteiger partial charge on any atom is -0.476 e. The van der Waals surface area contributed by atoms with E-state index in [-0.39, 0.29) is 43.5 Å². The summed E-state index contributed by atoms with van der Waals surface area (Å²) in [4.78, 5) is 43.3. The lowest BCUT2D eigenvalue weighted by Crippen LogP contribution is -2.55. The fraction of sp³-hybridized carbons (Fsp3) is 0.516. The maximum absolute atomic E-state index is 14.5. The van der Waals surface area contributed by atoms with Crippen molar-refractivity contribution in [3.63, 3.8) is 0 Å². The molecule has 1 N–H and O–H groups in total. The first-order valence-corrected chi connectivity index (χ1v) is 14.4. The zero-order chi connectivity index (χ0) is 31.5. The predicted octanol–water partition coefficient (Wildman–Crippen LogP) is 5.63. The Morgan fingerprint density at radius 3 is 2.47 bits per heavy atom. The van der Waals surface area contributed by atoms with E-state index in [1.165, 1.54) is 28.5 Å². The highest BCUT2D eigenvalue weighted by Crippen LogP contribution is 2.45. The van der Waals surface area contributed by atoms with E-state index in [0.29, 0.717) is 25.9 Å². The fourth-order valence-electron chi connectivity index (χ4n) is 5.96. The Morgan fingerprint density at radius 2 is 1.86 bits per heavy atom. The molecule has 2 heterocycles. The van der Waals surface area contributed by atoms with Crippen LogP contribution in [0.1, 0.15) is 67.4 Å². The first-order chi connectivity index (χ1) is 20.3. The van der Waals surface area contributed by atoms with Gasteiger partial charge in [-0.3, -0.25) is 9.59 Å². The smallest absolute Gasteiger partial charge is 0.417 e. The average Bonchev–Trinajstić information content (AvgIpc) is 2.96. The summed E-state index contributed by atoms with van der Waals surface area (Å²) in [6.45, 7) is 5.51. The molecule has 234 valence electrons. The molecule has 0 spiro atoms. The Bertz CT molecular complexity index is 1330. The number of amides is 3. The maximum Gasteiger partial charge on any atom is 0.417 e. The highest BCUT2D eigenvalue weighted by molar-refractivity contribution is 6.05. The molecule has 0 aromatic heterocycles. The van der Waals surface area contributed by atoms with Gasteiger partial charge in [0.15, 0.2) is 5.60 Å². The number of carboxylic acid groups (broad SMARTS) is 1. The molecule has 0 radical (unpaired) electrons. The van der Waals surface area contributed by atoms with Gasteiger partial charge in [0, 0.05) is 45.8 Å². The Labute approximate surface area is 249 Å². The molecule has 2 aliphatic heterocycles.